The van der Waals surface area contributed by atoms with E-state index in [1.165, 1.54) is 62.5 Å². The van der Waals surface area contributed by atoms with Gasteiger partial charge >= 0.3 is 0 Å². The minimum absolute atomic E-state index is 0.0219. The van der Waals surface area contributed by atoms with Crippen LogP contribution >= 0.6 is 0 Å². The lowest BCUT2D eigenvalue weighted by Gasteiger charge is -2.25. The van der Waals surface area contributed by atoms with Gasteiger partial charge in [-0.25, -0.2) is 12.7 Å². The van der Waals surface area contributed by atoms with Crippen molar-refractivity contribution < 1.29 is 33.0 Å². The maximum absolute atomic E-state index is 12.9. The molecule has 10 heteroatoms. The molecule has 3 rings (SSSR count). The predicted octanol–water partition coefficient (Wildman–Crippen LogP) is 2.10. The molecule has 0 bridgehead atoms. The van der Waals surface area contributed by atoms with Gasteiger partial charge in [-0.1, -0.05) is 12.1 Å². The third kappa shape index (κ3) is 4.77. The topological polar surface area (TPSA) is 124 Å². The average molecular weight is 475 g/mol. The molecule has 0 saturated carbocycles. The summed E-state index contributed by atoms with van der Waals surface area (Å²) in [5.41, 5.74) is 0.513. The Labute approximate surface area is 192 Å². The van der Waals surface area contributed by atoms with Gasteiger partial charge in [-0.05, 0) is 48.4 Å². The van der Waals surface area contributed by atoms with Crippen molar-refractivity contribution in [1.29, 1.82) is 0 Å². The van der Waals surface area contributed by atoms with Crippen LogP contribution in [0.4, 0.5) is 0 Å². The minimum atomic E-state index is -3.67. The van der Waals surface area contributed by atoms with Gasteiger partial charge in [0.15, 0.2) is 0 Å². The summed E-state index contributed by atoms with van der Waals surface area (Å²) >= 11 is 0. The fraction of sp³-hybridized carbons (Fsp3) is 0.304. The molecule has 2 aromatic carbocycles. The molecule has 2 N–H and O–H groups in total. The van der Waals surface area contributed by atoms with Crippen molar-refractivity contribution >= 4 is 27.5 Å². The van der Waals surface area contributed by atoms with Crippen LogP contribution in [-0.4, -0.2) is 73.9 Å². The fourth-order valence-corrected chi connectivity index (χ4v) is 4.58. The van der Waals surface area contributed by atoms with Crippen LogP contribution in [-0.2, 0) is 24.3 Å². The molecule has 0 unspecified atom stereocenters. The molecule has 1 amide bonds. The number of hydrogen-bond donors (Lipinski definition) is 2. The van der Waals surface area contributed by atoms with E-state index in [1.807, 2.05) is 0 Å². The van der Waals surface area contributed by atoms with Crippen molar-refractivity contribution in [2.75, 3.05) is 34.4 Å². The van der Waals surface area contributed by atoms with Crippen molar-refractivity contribution in [3.8, 4) is 5.75 Å². The smallest absolute Gasteiger partial charge is 0.295 e. The van der Waals surface area contributed by atoms with Crippen LogP contribution in [0.3, 0.4) is 0 Å². The number of ketones is 1. The number of amides is 1. The molecule has 9 nitrogen and oxygen atoms in total. The summed E-state index contributed by atoms with van der Waals surface area (Å²) in [4.78, 5) is 27.1. The van der Waals surface area contributed by atoms with E-state index in [1.54, 1.807) is 12.1 Å². The molecule has 1 heterocycles. The maximum atomic E-state index is 12.9. The summed E-state index contributed by atoms with van der Waals surface area (Å²) in [7, 11) is 0.670. The molecular weight excluding hydrogens is 448 g/mol. The Bertz CT molecular complexity index is 1190. The van der Waals surface area contributed by atoms with Gasteiger partial charge in [0.1, 0.15) is 11.5 Å². The van der Waals surface area contributed by atoms with Gasteiger partial charge in [-0.2, -0.15) is 0 Å². The number of ether oxygens (including phenoxy) is 1. The number of rotatable bonds is 8. The number of phenolic OH excluding ortho intramolecular Hbond substituents is 1. The van der Waals surface area contributed by atoms with Crippen molar-refractivity contribution in [3.63, 3.8) is 0 Å². The van der Waals surface area contributed by atoms with E-state index in [9.17, 15) is 28.2 Å². The van der Waals surface area contributed by atoms with E-state index >= 15 is 0 Å². The molecule has 1 saturated heterocycles. The first-order valence-corrected chi connectivity index (χ1v) is 11.6. The molecule has 2 aromatic rings. The quantitative estimate of drug-likeness (QED) is 0.260. The monoisotopic (exact) mass is 474 g/mol. The second kappa shape index (κ2) is 9.74. The molecule has 1 fully saturated rings. The van der Waals surface area contributed by atoms with Crippen LogP contribution in [0.25, 0.3) is 5.76 Å². The van der Waals surface area contributed by atoms with Crippen LogP contribution in [0.1, 0.15) is 23.6 Å². The zero-order valence-electron chi connectivity index (χ0n) is 18.6. The minimum Gasteiger partial charge on any atom is -0.508 e. The number of methoxy groups -OCH3 is 1. The predicted molar refractivity (Wildman–Crippen MR) is 121 cm³/mol. The third-order valence-corrected chi connectivity index (χ3v) is 7.21. The Morgan fingerprint density at radius 2 is 1.79 bits per heavy atom. The van der Waals surface area contributed by atoms with Gasteiger partial charge in [0.05, 0.1) is 16.5 Å². The average Bonchev–Trinajstić information content (AvgIpc) is 3.03. The van der Waals surface area contributed by atoms with E-state index in [4.69, 9.17) is 4.74 Å². The highest BCUT2D eigenvalue weighted by molar-refractivity contribution is 7.89. The number of aliphatic hydroxyl groups excluding tert-OH is 1. The third-order valence-electron chi connectivity index (χ3n) is 5.38. The van der Waals surface area contributed by atoms with E-state index in [2.05, 4.69) is 0 Å². The number of sulfonamides is 1. The fourth-order valence-electron chi connectivity index (χ4n) is 3.68. The Morgan fingerprint density at radius 3 is 2.36 bits per heavy atom. The van der Waals surface area contributed by atoms with Crippen molar-refractivity contribution in [2.24, 2.45) is 0 Å². The van der Waals surface area contributed by atoms with Crippen molar-refractivity contribution in [1.82, 2.24) is 9.21 Å². The highest BCUT2D eigenvalue weighted by Gasteiger charge is 2.45. The molecule has 0 spiro atoms. The lowest BCUT2D eigenvalue weighted by molar-refractivity contribution is -0.140. The number of carbonyl (C=O) groups is 2. The normalized spacial score (nSPS) is 18.3. The number of nitrogens with zero attached hydrogens (tertiary/aromatic N) is 2. The van der Waals surface area contributed by atoms with Crippen molar-refractivity contribution in [2.45, 2.75) is 17.4 Å². The van der Waals surface area contributed by atoms with E-state index in [-0.39, 0.29) is 28.3 Å². The zero-order chi connectivity index (χ0) is 24.3. The second-order valence-corrected chi connectivity index (χ2v) is 9.90. The summed E-state index contributed by atoms with van der Waals surface area (Å²) in [6.07, 6.45) is 0.468. The van der Waals surface area contributed by atoms with Gasteiger partial charge in [0.2, 0.25) is 10.0 Å². The molecule has 0 aromatic heterocycles. The SMILES string of the molecule is COCCCN1C(=O)C(=O)C(=C(O)c2ccc(S(=O)(=O)N(C)C)cc2)[C@H]1c1cccc(O)c1. The first-order valence-electron chi connectivity index (χ1n) is 10.2. The largest absolute Gasteiger partial charge is 0.508 e. The van der Waals surface area contributed by atoms with E-state index in [0.29, 0.717) is 18.6 Å². The van der Waals surface area contributed by atoms with Crippen molar-refractivity contribution in [3.05, 3.63) is 65.2 Å². The standard InChI is InChI=1S/C23H26N2O7S/c1-24(2)33(30,31)18-10-8-15(9-11-18)21(27)19-20(16-6-4-7-17(26)14-16)25(12-5-13-32-3)23(29)22(19)28/h4,6-11,14,20,26-27H,5,12-13H2,1-3H3/t20-/m1/s1. The van der Waals surface area contributed by atoms with Gasteiger partial charge in [-0.3, -0.25) is 9.59 Å². The number of aromatic hydroxyl groups is 1. The van der Waals surface area contributed by atoms with Crippen LogP contribution in [0.5, 0.6) is 5.75 Å². The molecule has 1 aliphatic heterocycles. The Hall–Kier alpha value is -3.21. The highest BCUT2D eigenvalue weighted by atomic mass is 32.2. The van der Waals surface area contributed by atoms with Gasteiger partial charge in [-0.15, -0.1) is 0 Å². The van der Waals surface area contributed by atoms with Gasteiger partial charge < -0.3 is 19.8 Å². The molecule has 176 valence electrons. The summed E-state index contributed by atoms with van der Waals surface area (Å²) in [6.45, 7) is 0.576. The zero-order valence-corrected chi connectivity index (χ0v) is 19.4. The van der Waals surface area contributed by atoms with Gasteiger partial charge in [0.25, 0.3) is 11.7 Å². The lowest BCUT2D eigenvalue weighted by atomic mass is 9.95. The van der Waals surface area contributed by atoms with E-state index < -0.39 is 33.5 Å². The Morgan fingerprint density at radius 1 is 1.12 bits per heavy atom. The van der Waals surface area contributed by atoms with Crippen LogP contribution in [0.2, 0.25) is 0 Å². The summed E-state index contributed by atoms with van der Waals surface area (Å²) in [5, 5.41) is 21.0. The molecule has 1 atom stereocenters. The number of likely N-dealkylation sites (tertiary alicyclic amines) is 1. The second-order valence-electron chi connectivity index (χ2n) is 7.75. The molecule has 0 radical (unpaired) electrons. The molecular formula is C23H26N2O7S. The first-order chi connectivity index (χ1) is 15.6. The maximum Gasteiger partial charge on any atom is 0.295 e. The Kier molecular flexibility index (Phi) is 7.21. The number of carbonyl (C=O) groups excluding carboxylic acids is 2. The van der Waals surface area contributed by atoms with E-state index in [0.717, 1.165) is 4.31 Å². The molecule has 1 aliphatic rings. The molecule has 0 aliphatic carbocycles. The summed E-state index contributed by atoms with van der Waals surface area (Å²) in [6, 6.07) is 10.6. The first kappa shape index (κ1) is 24.4. The number of hydrogen-bond acceptors (Lipinski definition) is 7. The van der Waals surface area contributed by atoms with Crippen LogP contribution < -0.4 is 0 Å². The number of aliphatic hydroxyl groups is 1. The van der Waals surface area contributed by atoms with Crippen LogP contribution in [0.15, 0.2) is 59.0 Å². The molecule has 33 heavy (non-hydrogen) atoms. The Balaban J connectivity index is 2.10. The number of Topliss-reactive ketones (excluding diaryl/α,β-unsaturated/α-hetero) is 1. The number of phenols is 1. The number of benzene rings is 2. The highest BCUT2D eigenvalue weighted by Crippen LogP contribution is 2.40. The lowest BCUT2D eigenvalue weighted by Crippen LogP contribution is -2.31. The van der Waals surface area contributed by atoms with Gasteiger partial charge in [0, 0.05) is 39.9 Å². The summed E-state index contributed by atoms with van der Waals surface area (Å²) < 4.78 is 30.7. The summed E-state index contributed by atoms with van der Waals surface area (Å²) in [5.74, 6) is -2.10. The van der Waals surface area contributed by atoms with Crippen LogP contribution in [0, 0.1) is 0 Å².